The van der Waals surface area contributed by atoms with E-state index in [0.717, 1.165) is 6.42 Å². The van der Waals surface area contributed by atoms with Gasteiger partial charge in [-0.1, -0.05) is 58.0 Å². The van der Waals surface area contributed by atoms with Crippen molar-refractivity contribution in [3.05, 3.63) is 35.9 Å². The molecule has 3 atom stereocenters. The van der Waals surface area contributed by atoms with E-state index in [4.69, 9.17) is 4.74 Å². The monoisotopic (exact) mass is 260 g/mol. The molecule has 0 bridgehead atoms. The molecule has 0 aromatic heterocycles. The van der Waals surface area contributed by atoms with Crippen LogP contribution in [0.5, 0.6) is 0 Å². The van der Waals surface area contributed by atoms with Crippen LogP contribution in [0.4, 0.5) is 0 Å². The Balaban J connectivity index is 1.90. The van der Waals surface area contributed by atoms with Crippen LogP contribution in [0.2, 0.25) is 0 Å². The van der Waals surface area contributed by atoms with Gasteiger partial charge in [0.1, 0.15) is 0 Å². The summed E-state index contributed by atoms with van der Waals surface area (Å²) in [7, 11) is 0. The third kappa shape index (κ3) is 3.17. The van der Waals surface area contributed by atoms with E-state index in [1.165, 1.54) is 5.56 Å². The van der Waals surface area contributed by atoms with Crippen LogP contribution in [0.1, 0.15) is 45.6 Å². The zero-order valence-electron chi connectivity index (χ0n) is 12.3. The highest BCUT2D eigenvalue weighted by molar-refractivity contribution is 5.71. The number of hydrogen-bond acceptors (Lipinski definition) is 2. The average molecular weight is 260 g/mol. The summed E-state index contributed by atoms with van der Waals surface area (Å²) >= 11 is 0. The van der Waals surface area contributed by atoms with Crippen molar-refractivity contribution in [2.45, 2.75) is 40.0 Å². The minimum absolute atomic E-state index is 0.0349. The zero-order chi connectivity index (χ0) is 14.0. The summed E-state index contributed by atoms with van der Waals surface area (Å²) in [5.74, 6) is 1.03. The Morgan fingerprint density at radius 1 is 1.32 bits per heavy atom. The maximum Gasteiger partial charge on any atom is 0.308 e. The Morgan fingerprint density at radius 2 is 1.95 bits per heavy atom. The lowest BCUT2D eigenvalue weighted by Crippen LogP contribution is -2.19. The molecule has 0 radical (unpaired) electrons. The van der Waals surface area contributed by atoms with Crippen molar-refractivity contribution >= 4 is 5.97 Å². The molecular formula is C17H24O2. The molecular weight excluding hydrogens is 236 g/mol. The van der Waals surface area contributed by atoms with Gasteiger partial charge in [0.25, 0.3) is 0 Å². The van der Waals surface area contributed by atoms with E-state index in [-0.39, 0.29) is 17.3 Å². The van der Waals surface area contributed by atoms with E-state index in [1.807, 2.05) is 19.9 Å². The minimum atomic E-state index is -0.0840. The fourth-order valence-electron chi connectivity index (χ4n) is 2.78. The van der Waals surface area contributed by atoms with Gasteiger partial charge in [0.05, 0.1) is 12.5 Å². The number of esters is 1. The van der Waals surface area contributed by atoms with E-state index in [9.17, 15) is 4.79 Å². The van der Waals surface area contributed by atoms with Gasteiger partial charge in [-0.3, -0.25) is 4.79 Å². The minimum Gasteiger partial charge on any atom is -0.465 e. The van der Waals surface area contributed by atoms with Gasteiger partial charge >= 0.3 is 5.97 Å². The van der Waals surface area contributed by atoms with Gasteiger partial charge in [0, 0.05) is 5.41 Å². The smallest absolute Gasteiger partial charge is 0.308 e. The molecule has 0 amide bonds. The van der Waals surface area contributed by atoms with Crippen LogP contribution < -0.4 is 0 Å². The molecule has 1 aliphatic rings. The molecule has 19 heavy (non-hydrogen) atoms. The zero-order valence-corrected chi connectivity index (χ0v) is 12.3. The second-order valence-corrected chi connectivity index (χ2v) is 6.43. The van der Waals surface area contributed by atoms with Crippen molar-refractivity contribution in [3.8, 4) is 0 Å². The van der Waals surface area contributed by atoms with E-state index in [1.54, 1.807) is 0 Å². The molecule has 1 fully saturated rings. The van der Waals surface area contributed by atoms with Crippen molar-refractivity contribution in [1.29, 1.82) is 0 Å². The highest BCUT2D eigenvalue weighted by Crippen LogP contribution is 2.58. The van der Waals surface area contributed by atoms with E-state index < -0.39 is 0 Å². The Bertz CT molecular complexity index is 438. The van der Waals surface area contributed by atoms with E-state index >= 15 is 0 Å². The number of carbonyl (C=O) groups excluding carboxylic acids is 1. The maximum atomic E-state index is 11.5. The molecule has 0 aliphatic heterocycles. The standard InChI is InChI=1S/C17H24O2/c1-12(2)16(18)19-11-17(4)10-15(17)13(3)14-8-6-5-7-9-14/h5-9,12-13,15H,10-11H2,1-4H3/t13-,15+,17?/m1/s1. The van der Waals surface area contributed by atoms with Crippen molar-refractivity contribution in [2.75, 3.05) is 6.61 Å². The van der Waals surface area contributed by atoms with E-state index in [0.29, 0.717) is 18.4 Å². The molecule has 2 nitrogen and oxygen atoms in total. The molecule has 0 N–H and O–H groups in total. The first-order valence-corrected chi connectivity index (χ1v) is 7.15. The Labute approximate surface area is 116 Å². The van der Waals surface area contributed by atoms with Gasteiger partial charge in [-0.2, -0.15) is 0 Å². The van der Waals surface area contributed by atoms with Crippen molar-refractivity contribution in [2.24, 2.45) is 17.3 Å². The summed E-state index contributed by atoms with van der Waals surface area (Å²) < 4.78 is 5.41. The van der Waals surface area contributed by atoms with Crippen LogP contribution in [0.3, 0.4) is 0 Å². The first-order chi connectivity index (χ1) is 8.94. The molecule has 1 aromatic rings. The van der Waals surface area contributed by atoms with Crippen molar-refractivity contribution in [3.63, 3.8) is 0 Å². The summed E-state index contributed by atoms with van der Waals surface area (Å²) in [4.78, 5) is 11.5. The van der Waals surface area contributed by atoms with Gasteiger partial charge in [-0.15, -0.1) is 0 Å². The molecule has 2 rings (SSSR count). The highest BCUT2D eigenvalue weighted by Gasteiger charge is 2.53. The quantitative estimate of drug-likeness (QED) is 0.748. The molecule has 104 valence electrons. The molecule has 1 aromatic carbocycles. The highest BCUT2D eigenvalue weighted by atomic mass is 16.5. The Morgan fingerprint density at radius 3 is 2.53 bits per heavy atom. The number of benzene rings is 1. The molecule has 1 saturated carbocycles. The third-order valence-corrected chi connectivity index (χ3v) is 4.37. The summed E-state index contributed by atoms with van der Waals surface area (Å²) in [6, 6.07) is 10.6. The fourth-order valence-corrected chi connectivity index (χ4v) is 2.78. The lowest BCUT2D eigenvalue weighted by Gasteiger charge is -2.17. The maximum absolute atomic E-state index is 11.5. The van der Waals surface area contributed by atoms with Gasteiger partial charge in [0.15, 0.2) is 0 Å². The number of rotatable bonds is 5. The summed E-state index contributed by atoms with van der Waals surface area (Å²) in [5, 5.41) is 0. The molecule has 1 unspecified atom stereocenters. The van der Waals surface area contributed by atoms with E-state index in [2.05, 4.69) is 38.1 Å². The summed E-state index contributed by atoms with van der Waals surface area (Å²) in [6.45, 7) is 8.81. The van der Waals surface area contributed by atoms with Crippen LogP contribution in [0.25, 0.3) is 0 Å². The van der Waals surface area contributed by atoms with Crippen LogP contribution in [-0.2, 0) is 9.53 Å². The SMILES string of the molecule is CC(C)C(=O)OCC1(C)C[C@H]1[C@H](C)c1ccccc1. The van der Waals surface area contributed by atoms with Crippen LogP contribution in [0, 0.1) is 17.3 Å². The molecule has 2 heteroatoms. The lowest BCUT2D eigenvalue weighted by atomic mass is 9.91. The molecule has 0 heterocycles. The summed E-state index contributed by atoms with van der Waals surface area (Å²) in [5.41, 5.74) is 1.55. The van der Waals surface area contributed by atoms with Gasteiger partial charge in [-0.25, -0.2) is 0 Å². The van der Waals surface area contributed by atoms with Crippen molar-refractivity contribution < 1.29 is 9.53 Å². The fraction of sp³-hybridized carbons (Fsp3) is 0.588. The first-order valence-electron chi connectivity index (χ1n) is 7.15. The van der Waals surface area contributed by atoms with Crippen LogP contribution >= 0.6 is 0 Å². The average Bonchev–Trinajstić information content (AvgIpc) is 3.08. The number of ether oxygens (including phenoxy) is 1. The molecule has 0 saturated heterocycles. The van der Waals surface area contributed by atoms with Crippen LogP contribution in [-0.4, -0.2) is 12.6 Å². The van der Waals surface area contributed by atoms with Gasteiger partial charge in [0.2, 0.25) is 0 Å². The summed E-state index contributed by atoms with van der Waals surface area (Å²) in [6.07, 6.45) is 1.15. The molecule has 1 aliphatic carbocycles. The number of carbonyl (C=O) groups is 1. The predicted octanol–water partition coefficient (Wildman–Crippen LogP) is 4.02. The Kier molecular flexibility index (Phi) is 3.98. The largest absolute Gasteiger partial charge is 0.465 e. The van der Waals surface area contributed by atoms with Crippen LogP contribution in [0.15, 0.2) is 30.3 Å². The van der Waals surface area contributed by atoms with Crippen molar-refractivity contribution in [1.82, 2.24) is 0 Å². The first kappa shape index (κ1) is 14.1. The predicted molar refractivity (Wildman–Crippen MR) is 76.9 cm³/mol. The number of hydrogen-bond donors (Lipinski definition) is 0. The normalized spacial score (nSPS) is 27.1. The van der Waals surface area contributed by atoms with Gasteiger partial charge in [-0.05, 0) is 23.8 Å². The molecule has 0 spiro atoms. The topological polar surface area (TPSA) is 26.3 Å². The second-order valence-electron chi connectivity index (χ2n) is 6.43. The Hall–Kier alpha value is -1.31. The lowest BCUT2D eigenvalue weighted by molar-refractivity contribution is -0.149. The third-order valence-electron chi connectivity index (χ3n) is 4.37. The van der Waals surface area contributed by atoms with Gasteiger partial charge < -0.3 is 4.74 Å². The second kappa shape index (κ2) is 5.36.